The zero-order chi connectivity index (χ0) is 22.6. The van der Waals surface area contributed by atoms with Crippen LogP contribution >= 0.6 is 20.8 Å². The van der Waals surface area contributed by atoms with Crippen LogP contribution in [0.25, 0.3) is 5.70 Å². The van der Waals surface area contributed by atoms with Gasteiger partial charge in [-0.05, 0) is 0 Å². The van der Waals surface area contributed by atoms with Crippen molar-refractivity contribution in [2.24, 2.45) is 0 Å². The van der Waals surface area contributed by atoms with Crippen LogP contribution in [0.3, 0.4) is 0 Å². The Hall–Kier alpha value is -3.26. The van der Waals surface area contributed by atoms with E-state index in [9.17, 15) is 0 Å². The van der Waals surface area contributed by atoms with Crippen molar-refractivity contribution in [3.63, 3.8) is 0 Å². The summed E-state index contributed by atoms with van der Waals surface area (Å²) in [4.78, 5) is 0. The van der Waals surface area contributed by atoms with Gasteiger partial charge in [-0.15, -0.1) is 0 Å². The summed E-state index contributed by atoms with van der Waals surface area (Å²) in [5, 5.41) is 5.09. The Bertz CT molecular complexity index is 1250. The minimum atomic E-state index is -3.26. The van der Waals surface area contributed by atoms with Crippen molar-refractivity contribution >= 4 is 42.4 Å². The van der Waals surface area contributed by atoms with Gasteiger partial charge in [0.2, 0.25) is 0 Å². The van der Waals surface area contributed by atoms with Crippen LogP contribution in [0.15, 0.2) is 146 Å². The molecule has 162 valence electrons. The maximum absolute atomic E-state index is 4.64. The monoisotopic (exact) mass is 510 g/mol. The molecule has 4 aromatic carbocycles. The molecule has 0 N–H and O–H groups in total. The Balaban J connectivity index is 1.96. The predicted octanol–water partition coefficient (Wildman–Crippen LogP) is 6.57. The summed E-state index contributed by atoms with van der Waals surface area (Å²) in [6.07, 6.45) is 3.83. The molecule has 2 nitrogen and oxygen atoms in total. The SMILES string of the molecule is BrP(C=C(c1ccccc1)n1cccn1)(c1ccccc1)(c1ccccc1)c1ccccc1. The Morgan fingerprint density at radius 2 is 1.03 bits per heavy atom. The van der Waals surface area contributed by atoms with Crippen LogP contribution in [-0.4, -0.2) is 9.78 Å². The standard InChI is InChI=1S/C29H24BrN2P/c30-33(26-16-7-2-8-17-26,27-18-9-3-10-19-27,28-20-11-4-12-21-28)24-29(32-23-13-22-31-32)25-14-5-1-6-15-25/h1-24H. The second-order valence-corrected chi connectivity index (χ2v) is 16.3. The number of hydrogen-bond acceptors (Lipinski definition) is 1. The quantitative estimate of drug-likeness (QED) is 0.236. The van der Waals surface area contributed by atoms with E-state index in [1.54, 1.807) is 0 Å². The van der Waals surface area contributed by atoms with Crippen LogP contribution in [0.4, 0.5) is 0 Å². The second kappa shape index (κ2) is 8.94. The molecule has 0 aliphatic rings. The number of rotatable bonds is 6. The summed E-state index contributed by atoms with van der Waals surface area (Å²) in [6, 6.07) is 44.8. The van der Waals surface area contributed by atoms with Crippen LogP contribution in [0.2, 0.25) is 0 Å². The fourth-order valence-corrected chi connectivity index (χ4v) is 11.4. The average Bonchev–Trinajstić information content (AvgIpc) is 3.44. The maximum atomic E-state index is 4.64. The Morgan fingerprint density at radius 3 is 1.42 bits per heavy atom. The van der Waals surface area contributed by atoms with Crippen LogP contribution in [0.5, 0.6) is 0 Å². The Morgan fingerprint density at radius 1 is 0.606 bits per heavy atom. The van der Waals surface area contributed by atoms with Gasteiger partial charge in [0.25, 0.3) is 0 Å². The van der Waals surface area contributed by atoms with E-state index in [0.717, 1.165) is 11.3 Å². The molecule has 0 spiro atoms. The molecule has 0 fully saturated rings. The van der Waals surface area contributed by atoms with Gasteiger partial charge in [-0.25, -0.2) is 0 Å². The molecule has 1 heterocycles. The topological polar surface area (TPSA) is 17.8 Å². The molecule has 0 amide bonds. The van der Waals surface area contributed by atoms with E-state index in [1.807, 2.05) is 29.2 Å². The van der Waals surface area contributed by atoms with E-state index >= 15 is 0 Å². The van der Waals surface area contributed by atoms with E-state index in [4.69, 9.17) is 0 Å². The van der Waals surface area contributed by atoms with Gasteiger partial charge in [0.15, 0.2) is 0 Å². The Labute approximate surface area is 202 Å². The molecular weight excluding hydrogens is 487 g/mol. The third-order valence-corrected chi connectivity index (χ3v) is 14.9. The van der Waals surface area contributed by atoms with Gasteiger partial charge in [0.05, 0.1) is 0 Å². The van der Waals surface area contributed by atoms with E-state index in [1.165, 1.54) is 15.9 Å². The molecule has 0 aliphatic carbocycles. The van der Waals surface area contributed by atoms with Crippen molar-refractivity contribution in [2.45, 2.75) is 0 Å². The van der Waals surface area contributed by atoms with Crippen LogP contribution < -0.4 is 15.9 Å². The van der Waals surface area contributed by atoms with E-state index in [-0.39, 0.29) is 0 Å². The Kier molecular flexibility index (Phi) is 5.85. The number of hydrogen-bond donors (Lipinski definition) is 0. The summed E-state index contributed by atoms with van der Waals surface area (Å²) in [7, 11) is 0. The molecule has 0 unspecified atom stereocenters. The summed E-state index contributed by atoms with van der Waals surface area (Å²) in [6.45, 7) is 0. The predicted molar refractivity (Wildman–Crippen MR) is 146 cm³/mol. The number of aromatic nitrogens is 2. The summed E-state index contributed by atoms with van der Waals surface area (Å²) >= 11 is 4.51. The minimum absolute atomic E-state index is 1.03. The first-order valence-electron chi connectivity index (χ1n) is 10.9. The van der Waals surface area contributed by atoms with Crippen molar-refractivity contribution in [3.8, 4) is 0 Å². The first-order valence-corrected chi connectivity index (χ1v) is 15.2. The molecule has 5 aromatic rings. The molecule has 1 aromatic heterocycles. The van der Waals surface area contributed by atoms with E-state index in [2.05, 4.69) is 142 Å². The summed E-state index contributed by atoms with van der Waals surface area (Å²) < 4.78 is 1.97. The van der Waals surface area contributed by atoms with Gasteiger partial charge in [-0.2, -0.15) is 0 Å². The van der Waals surface area contributed by atoms with Crippen molar-refractivity contribution in [2.75, 3.05) is 0 Å². The molecule has 0 radical (unpaired) electrons. The first kappa shape index (κ1) is 21.6. The van der Waals surface area contributed by atoms with Gasteiger partial charge in [-0.1, -0.05) is 0 Å². The molecule has 5 rings (SSSR count). The number of nitrogens with zero attached hydrogens (tertiary/aromatic N) is 2. The average molecular weight is 511 g/mol. The molecule has 0 aliphatic heterocycles. The van der Waals surface area contributed by atoms with Crippen LogP contribution in [0.1, 0.15) is 5.56 Å². The second-order valence-electron chi connectivity index (χ2n) is 7.91. The first-order chi connectivity index (χ1) is 16.2. The molecule has 0 atom stereocenters. The molecule has 0 bridgehead atoms. The van der Waals surface area contributed by atoms with Gasteiger partial charge in [-0.3, -0.25) is 0 Å². The van der Waals surface area contributed by atoms with Gasteiger partial charge < -0.3 is 0 Å². The molecule has 4 heteroatoms. The van der Waals surface area contributed by atoms with Crippen molar-refractivity contribution in [1.29, 1.82) is 0 Å². The van der Waals surface area contributed by atoms with Gasteiger partial charge in [0.1, 0.15) is 0 Å². The number of halogens is 1. The number of benzene rings is 4. The zero-order valence-corrected chi connectivity index (χ0v) is 20.6. The molecule has 0 saturated carbocycles. The molecule has 0 saturated heterocycles. The molecular formula is C29H24BrN2P. The fraction of sp³-hybridized carbons (Fsp3) is 0. The van der Waals surface area contributed by atoms with Crippen molar-refractivity contribution < 1.29 is 0 Å². The van der Waals surface area contributed by atoms with Gasteiger partial charge >= 0.3 is 203 Å². The summed E-state index contributed by atoms with van der Waals surface area (Å²) in [5.74, 6) is 2.42. The van der Waals surface area contributed by atoms with E-state index < -0.39 is 5.31 Å². The van der Waals surface area contributed by atoms with E-state index in [0.29, 0.717) is 0 Å². The zero-order valence-electron chi connectivity index (χ0n) is 18.1. The fourth-order valence-electron chi connectivity index (χ4n) is 4.35. The third-order valence-electron chi connectivity index (χ3n) is 5.97. The van der Waals surface area contributed by atoms with Crippen molar-refractivity contribution in [3.05, 3.63) is 151 Å². The van der Waals surface area contributed by atoms with Crippen LogP contribution in [-0.2, 0) is 0 Å². The van der Waals surface area contributed by atoms with Gasteiger partial charge in [0, 0.05) is 0 Å². The third kappa shape index (κ3) is 3.78. The normalized spacial score (nSPS) is 13.2. The summed E-state index contributed by atoms with van der Waals surface area (Å²) in [5.41, 5.74) is 2.14. The van der Waals surface area contributed by atoms with Crippen molar-refractivity contribution in [1.82, 2.24) is 9.78 Å². The molecule has 33 heavy (non-hydrogen) atoms. The van der Waals surface area contributed by atoms with Crippen LogP contribution in [0, 0.1) is 0 Å².